The Hall–Kier alpha value is -2.44. The van der Waals surface area contributed by atoms with Gasteiger partial charge in [-0.05, 0) is 20.8 Å². The van der Waals surface area contributed by atoms with E-state index in [1.54, 1.807) is 38.7 Å². The van der Waals surface area contributed by atoms with Gasteiger partial charge in [0.1, 0.15) is 0 Å². The number of rotatable bonds is 4. The van der Waals surface area contributed by atoms with Gasteiger partial charge in [-0.15, -0.1) is 0 Å². The largest absolute Gasteiger partial charge is 0.481 e. The Morgan fingerprint density at radius 3 is 2.62 bits per heavy atom. The maximum atomic E-state index is 12.1. The molecular weight excluding hydrogens is 272 g/mol. The lowest BCUT2D eigenvalue weighted by atomic mass is 9.98. The molecule has 2 rings (SSSR count). The van der Waals surface area contributed by atoms with Gasteiger partial charge in [-0.3, -0.25) is 14.0 Å². The van der Waals surface area contributed by atoms with Crippen molar-refractivity contribution in [1.82, 2.24) is 19.3 Å². The number of nitrogens with zero attached hydrogens (tertiary/aromatic N) is 4. The second-order valence-corrected chi connectivity index (χ2v) is 5.15. The molecule has 0 saturated carbocycles. The van der Waals surface area contributed by atoms with Crippen LogP contribution in [0.3, 0.4) is 0 Å². The van der Waals surface area contributed by atoms with Crippen LogP contribution in [0.15, 0.2) is 17.2 Å². The van der Waals surface area contributed by atoms with Crippen LogP contribution in [0.25, 0.3) is 0 Å². The van der Waals surface area contributed by atoms with Crippen LogP contribution in [0.5, 0.6) is 0 Å². The smallest absolute Gasteiger partial charge is 0.348 e. The number of carboxylic acid groups (broad SMARTS) is 1. The third-order valence-electron chi connectivity index (χ3n) is 3.58. The molecule has 0 bridgehead atoms. The van der Waals surface area contributed by atoms with Crippen molar-refractivity contribution in [1.29, 1.82) is 0 Å². The SMILES string of the molecule is Cc1nc(=O)n(Cc2cnn(C)c2)c(C)c1C(C)C(=O)O. The van der Waals surface area contributed by atoms with E-state index >= 15 is 0 Å². The molecule has 0 aliphatic heterocycles. The van der Waals surface area contributed by atoms with E-state index in [0.29, 0.717) is 23.5 Å². The normalized spacial score (nSPS) is 12.4. The summed E-state index contributed by atoms with van der Waals surface area (Å²) in [6, 6.07) is 0. The van der Waals surface area contributed by atoms with E-state index in [9.17, 15) is 14.7 Å². The van der Waals surface area contributed by atoms with Gasteiger partial charge >= 0.3 is 11.7 Å². The Labute approximate surface area is 121 Å². The van der Waals surface area contributed by atoms with Gasteiger partial charge in [0, 0.05) is 35.8 Å². The molecule has 21 heavy (non-hydrogen) atoms. The summed E-state index contributed by atoms with van der Waals surface area (Å²) < 4.78 is 3.14. The molecule has 7 nitrogen and oxygen atoms in total. The van der Waals surface area contributed by atoms with Crippen molar-refractivity contribution >= 4 is 5.97 Å². The Morgan fingerprint density at radius 1 is 1.43 bits per heavy atom. The summed E-state index contributed by atoms with van der Waals surface area (Å²) >= 11 is 0. The van der Waals surface area contributed by atoms with Crippen molar-refractivity contribution < 1.29 is 9.90 Å². The highest BCUT2D eigenvalue weighted by atomic mass is 16.4. The number of aliphatic carboxylic acids is 1. The Balaban J connectivity index is 2.53. The zero-order valence-corrected chi connectivity index (χ0v) is 12.5. The second kappa shape index (κ2) is 5.51. The lowest BCUT2D eigenvalue weighted by Gasteiger charge is -2.17. The van der Waals surface area contributed by atoms with Gasteiger partial charge in [0.2, 0.25) is 0 Å². The molecule has 0 aliphatic carbocycles. The van der Waals surface area contributed by atoms with Crippen LogP contribution in [-0.4, -0.2) is 30.4 Å². The number of carbonyl (C=O) groups is 1. The fourth-order valence-corrected chi connectivity index (χ4v) is 2.49. The Kier molecular flexibility index (Phi) is 3.93. The van der Waals surface area contributed by atoms with Crippen molar-refractivity contribution in [3.63, 3.8) is 0 Å². The first kappa shape index (κ1) is 15.0. The standard InChI is InChI=1S/C14H18N4O3/c1-8(13(19)20)12-9(2)16-14(21)18(10(12)3)7-11-5-15-17(4)6-11/h5-6,8H,7H2,1-4H3,(H,19,20). The van der Waals surface area contributed by atoms with Crippen LogP contribution >= 0.6 is 0 Å². The van der Waals surface area contributed by atoms with Crippen molar-refractivity contribution in [3.05, 3.63) is 45.4 Å². The van der Waals surface area contributed by atoms with Crippen molar-refractivity contribution in [3.8, 4) is 0 Å². The summed E-state index contributed by atoms with van der Waals surface area (Å²) in [5.41, 5.74) is 2.17. The first-order chi connectivity index (χ1) is 9.81. The monoisotopic (exact) mass is 290 g/mol. The molecule has 0 aromatic carbocycles. The molecule has 0 aliphatic rings. The van der Waals surface area contributed by atoms with Crippen LogP contribution in [0.4, 0.5) is 0 Å². The highest BCUT2D eigenvalue weighted by Gasteiger charge is 2.22. The highest BCUT2D eigenvalue weighted by molar-refractivity contribution is 5.76. The lowest BCUT2D eigenvalue weighted by Crippen LogP contribution is -2.29. The molecule has 0 radical (unpaired) electrons. The summed E-state index contributed by atoms with van der Waals surface area (Å²) in [4.78, 5) is 27.3. The Bertz CT molecular complexity index is 745. The van der Waals surface area contributed by atoms with Crippen LogP contribution in [0, 0.1) is 13.8 Å². The average Bonchev–Trinajstić information content (AvgIpc) is 2.79. The maximum absolute atomic E-state index is 12.1. The van der Waals surface area contributed by atoms with Crippen molar-refractivity contribution in [2.45, 2.75) is 33.2 Å². The van der Waals surface area contributed by atoms with Gasteiger partial charge in [-0.2, -0.15) is 10.1 Å². The summed E-state index contributed by atoms with van der Waals surface area (Å²) in [6.07, 6.45) is 3.48. The summed E-state index contributed by atoms with van der Waals surface area (Å²) in [7, 11) is 1.80. The van der Waals surface area contributed by atoms with Gasteiger partial charge in [0.25, 0.3) is 0 Å². The van der Waals surface area contributed by atoms with E-state index in [0.717, 1.165) is 5.56 Å². The predicted molar refractivity (Wildman–Crippen MR) is 76.3 cm³/mol. The molecule has 2 aromatic rings. The Morgan fingerprint density at radius 2 is 2.10 bits per heavy atom. The quantitative estimate of drug-likeness (QED) is 0.900. The van der Waals surface area contributed by atoms with Crippen LogP contribution in [-0.2, 0) is 18.4 Å². The number of carboxylic acids is 1. The van der Waals surface area contributed by atoms with Gasteiger partial charge in [0.05, 0.1) is 18.7 Å². The molecule has 0 fully saturated rings. The second-order valence-electron chi connectivity index (χ2n) is 5.15. The highest BCUT2D eigenvalue weighted by Crippen LogP contribution is 2.21. The minimum atomic E-state index is -0.936. The van der Waals surface area contributed by atoms with E-state index in [1.165, 1.54) is 4.57 Å². The zero-order valence-electron chi connectivity index (χ0n) is 12.5. The number of aromatic nitrogens is 4. The molecule has 0 amide bonds. The minimum absolute atomic E-state index is 0.325. The van der Waals surface area contributed by atoms with Gasteiger partial charge in [0.15, 0.2) is 0 Å². The first-order valence-electron chi connectivity index (χ1n) is 6.59. The van der Waals surface area contributed by atoms with Gasteiger partial charge < -0.3 is 5.11 Å². The van der Waals surface area contributed by atoms with Crippen LogP contribution < -0.4 is 5.69 Å². The fraction of sp³-hybridized carbons (Fsp3) is 0.429. The van der Waals surface area contributed by atoms with E-state index < -0.39 is 11.9 Å². The van der Waals surface area contributed by atoms with Crippen molar-refractivity contribution in [2.24, 2.45) is 7.05 Å². The third-order valence-corrected chi connectivity index (χ3v) is 3.58. The van der Waals surface area contributed by atoms with Gasteiger partial charge in [-0.1, -0.05) is 0 Å². The molecule has 0 spiro atoms. The first-order valence-corrected chi connectivity index (χ1v) is 6.59. The molecule has 1 N–H and O–H groups in total. The molecule has 1 unspecified atom stereocenters. The van der Waals surface area contributed by atoms with E-state index in [-0.39, 0.29) is 5.69 Å². The summed E-state index contributed by atoms with van der Waals surface area (Å²) in [5, 5.41) is 13.3. The molecule has 2 heterocycles. The summed E-state index contributed by atoms with van der Waals surface area (Å²) in [5.74, 6) is -1.65. The van der Waals surface area contributed by atoms with Crippen LogP contribution in [0.2, 0.25) is 0 Å². The predicted octanol–water partition coefficient (Wildman–Crippen LogP) is 0.830. The molecule has 112 valence electrons. The number of hydrogen-bond acceptors (Lipinski definition) is 4. The van der Waals surface area contributed by atoms with E-state index in [4.69, 9.17) is 0 Å². The molecule has 7 heteroatoms. The van der Waals surface area contributed by atoms with E-state index in [1.807, 2.05) is 6.20 Å². The van der Waals surface area contributed by atoms with Crippen LogP contribution in [0.1, 0.15) is 35.4 Å². The maximum Gasteiger partial charge on any atom is 0.348 e. The minimum Gasteiger partial charge on any atom is -0.481 e. The average molecular weight is 290 g/mol. The summed E-state index contributed by atoms with van der Waals surface area (Å²) in [6.45, 7) is 5.34. The number of aryl methyl sites for hydroxylation is 2. The number of hydrogen-bond donors (Lipinski definition) is 1. The lowest BCUT2D eigenvalue weighted by molar-refractivity contribution is -0.138. The van der Waals surface area contributed by atoms with Crippen molar-refractivity contribution in [2.75, 3.05) is 0 Å². The topological polar surface area (TPSA) is 90.0 Å². The molecule has 2 aromatic heterocycles. The third kappa shape index (κ3) is 2.86. The molecule has 1 atom stereocenters. The zero-order chi connectivity index (χ0) is 15.7. The van der Waals surface area contributed by atoms with E-state index in [2.05, 4.69) is 10.1 Å². The molecule has 0 saturated heterocycles. The molecular formula is C14H18N4O3. The van der Waals surface area contributed by atoms with Gasteiger partial charge in [-0.25, -0.2) is 4.79 Å². The fourth-order valence-electron chi connectivity index (χ4n) is 2.49.